The Bertz CT molecular complexity index is 2560. The summed E-state index contributed by atoms with van der Waals surface area (Å²) < 4.78 is 33.4. The molecule has 5 heterocycles. The predicted molar refractivity (Wildman–Crippen MR) is 281 cm³/mol. The summed E-state index contributed by atoms with van der Waals surface area (Å²) in [7, 11) is 3.45. The fourth-order valence-electron chi connectivity index (χ4n) is 11.6. The molecule has 2 aromatic heterocycles. The van der Waals surface area contributed by atoms with E-state index < -0.39 is 6.43 Å². The number of nitrogens with one attached hydrogen (secondary N) is 2. The van der Waals surface area contributed by atoms with Gasteiger partial charge in [-0.25, -0.2) is 8.78 Å². The van der Waals surface area contributed by atoms with Gasteiger partial charge < -0.3 is 31.1 Å². The molecule has 1 aliphatic carbocycles. The Morgan fingerprint density at radius 1 is 1.08 bits per heavy atom. The molecule has 391 valence electrons. The van der Waals surface area contributed by atoms with Crippen molar-refractivity contribution in [2.45, 2.75) is 124 Å². The van der Waals surface area contributed by atoms with Crippen LogP contribution in [0.3, 0.4) is 0 Å². The first-order valence-corrected chi connectivity index (χ1v) is 25.7. The minimum Gasteiger partial charge on any atom is -0.390 e. The van der Waals surface area contributed by atoms with E-state index in [2.05, 4.69) is 75.5 Å². The van der Waals surface area contributed by atoms with Gasteiger partial charge in [0.1, 0.15) is 0 Å². The second-order valence-electron chi connectivity index (χ2n) is 21.4. The van der Waals surface area contributed by atoms with Crippen LogP contribution < -0.4 is 21.3 Å². The zero-order valence-corrected chi connectivity index (χ0v) is 46.8. The minimum absolute atomic E-state index is 0. The number of rotatable bonds is 16. The minimum atomic E-state index is -2.65. The number of likely N-dealkylation sites (tertiary alicyclic amines) is 1. The smallest absolute Gasteiger partial charge is 0.390 e. The van der Waals surface area contributed by atoms with Crippen LogP contribution in [-0.2, 0) is 55.8 Å². The number of allylic oxidation sites excluding steroid dienone is 1. The Hall–Kier alpha value is -4.90. The van der Waals surface area contributed by atoms with Crippen LogP contribution in [0.25, 0.3) is 11.1 Å². The van der Waals surface area contributed by atoms with Gasteiger partial charge in [-0.15, -0.1) is 5.56 Å². The summed E-state index contributed by atoms with van der Waals surface area (Å²) in [5, 5.41) is 17.0. The van der Waals surface area contributed by atoms with E-state index in [1.54, 1.807) is 55.7 Å². The van der Waals surface area contributed by atoms with Gasteiger partial charge in [-0.05, 0) is 98.4 Å². The first kappa shape index (κ1) is 56.4. The second-order valence-corrected chi connectivity index (χ2v) is 21.8. The number of carbonyl (C=O) groups excluding carboxylic acids is 2. The zero-order chi connectivity index (χ0) is 51.2. The predicted octanol–water partition coefficient (Wildman–Crippen LogP) is 9.67. The third-order valence-electron chi connectivity index (χ3n) is 14.9. The van der Waals surface area contributed by atoms with Crippen LogP contribution in [0.1, 0.15) is 120 Å². The number of amides is 2. The molecule has 4 aromatic rings. The van der Waals surface area contributed by atoms with Gasteiger partial charge in [0.2, 0.25) is 5.91 Å². The quantitative estimate of drug-likeness (QED) is 0.0436. The number of carbonyl (C=O) groups is 2. The third-order valence-corrected chi connectivity index (χ3v) is 15.3. The monoisotopic (exact) mass is 1190 g/mol. The van der Waals surface area contributed by atoms with E-state index >= 15 is 0 Å². The molecule has 0 spiro atoms. The largest absolute Gasteiger partial charge is 1.00 e. The number of fused-ring (bicyclic) bond motifs is 2. The SMILES string of the molecule is C=C(C)N1CCc2c(c(N3CCCc4cc(-c5cnn(C)c5)c(C(F)F)cc43)nn2C2CCN(C(=O)CC(CCN)CCN/C=C(\C=NC)C(=O)NC3C(C)(C)CC3(C)C)CC2)C1.Cc1cc[c-]cc1Cl.[Os+]. The molecular formula is C55H75ClF2N11O2Os. The maximum absolute atomic E-state index is 14.8. The van der Waals surface area contributed by atoms with Crippen molar-refractivity contribution in [1.82, 2.24) is 40.0 Å². The molecule has 13 nitrogen and oxygen atoms in total. The molecule has 1 unspecified atom stereocenters. The summed E-state index contributed by atoms with van der Waals surface area (Å²) in [6, 6.07) is 12.2. The zero-order valence-electron chi connectivity index (χ0n) is 43.5. The molecule has 8 rings (SSSR count). The molecule has 0 bridgehead atoms. The van der Waals surface area contributed by atoms with E-state index in [1.165, 1.54) is 5.69 Å². The molecule has 1 atom stereocenters. The number of benzene rings is 2. The molecule has 4 aliphatic rings. The van der Waals surface area contributed by atoms with Crippen molar-refractivity contribution in [2.75, 3.05) is 51.2 Å². The van der Waals surface area contributed by atoms with Crippen molar-refractivity contribution in [3.05, 3.63) is 106 Å². The van der Waals surface area contributed by atoms with E-state index in [-0.39, 0.29) is 66.0 Å². The average molecular weight is 1190 g/mol. The van der Waals surface area contributed by atoms with Crippen molar-refractivity contribution < 1.29 is 38.2 Å². The number of alkyl halides is 2. The summed E-state index contributed by atoms with van der Waals surface area (Å²) >= 11 is 5.68. The molecule has 2 aromatic carbocycles. The van der Waals surface area contributed by atoms with Gasteiger partial charge in [0.05, 0.1) is 17.8 Å². The number of aryl methyl sites for hydroxylation is 3. The van der Waals surface area contributed by atoms with Crippen LogP contribution in [0.15, 0.2) is 71.8 Å². The van der Waals surface area contributed by atoms with Gasteiger partial charge in [-0.2, -0.15) is 46.1 Å². The Morgan fingerprint density at radius 2 is 1.82 bits per heavy atom. The summed E-state index contributed by atoms with van der Waals surface area (Å²) in [5.41, 5.74) is 14.0. The number of hydrogen-bond acceptors (Lipinski definition) is 9. The molecular weight excluding hydrogens is 1110 g/mol. The van der Waals surface area contributed by atoms with Crippen LogP contribution in [0, 0.1) is 29.7 Å². The maximum atomic E-state index is 14.8. The first-order valence-electron chi connectivity index (χ1n) is 25.3. The number of aromatic nitrogens is 4. The van der Waals surface area contributed by atoms with Gasteiger partial charge >= 0.3 is 19.8 Å². The van der Waals surface area contributed by atoms with Crippen molar-refractivity contribution in [1.29, 1.82) is 0 Å². The van der Waals surface area contributed by atoms with E-state index in [9.17, 15) is 18.4 Å². The molecule has 2 amide bonds. The van der Waals surface area contributed by atoms with Gasteiger partial charge in [-0.1, -0.05) is 46.2 Å². The van der Waals surface area contributed by atoms with Crippen LogP contribution in [0.5, 0.6) is 0 Å². The third kappa shape index (κ3) is 13.1. The number of piperidine rings is 1. The summed E-state index contributed by atoms with van der Waals surface area (Å²) in [4.78, 5) is 37.6. The van der Waals surface area contributed by atoms with Crippen molar-refractivity contribution in [3.8, 4) is 11.1 Å². The molecule has 1 saturated heterocycles. The fraction of sp³-hybridized carbons (Fsp3) is 0.545. The standard InChI is InChI=1S/C48H69F2N11O2.C7H6Cl.Os/c1-31(2)59-21-15-40-39(29-59)44(60-18-9-10-33-23-37(35-27-54-57(8)28-35)38(43(49)50)24-41(33)60)56-61(40)36-13-19-58(20-14-36)42(62)22-32(11-16-51)12-17-53-26-34(25-52-7)45(63)55-46-47(3,4)30-48(46,5)6;1-6-4-2-3-5-7(6)8;/h23-28,32,36,43,46,53H,1,9-22,29-30,51H2,2-8H3,(H,55,63);2,4-5H,1H3;/q;-1;+1/b34-26+,52-25?;;. The fourth-order valence-corrected chi connectivity index (χ4v) is 11.7. The van der Waals surface area contributed by atoms with Crippen LogP contribution in [0.4, 0.5) is 20.3 Å². The average Bonchev–Trinajstić information content (AvgIpc) is 3.95. The molecule has 1 saturated carbocycles. The number of anilines is 2. The number of aliphatic imine (C=N–C) groups is 1. The van der Waals surface area contributed by atoms with Crippen molar-refractivity contribution in [3.63, 3.8) is 0 Å². The summed E-state index contributed by atoms with van der Waals surface area (Å²) in [6.45, 7) is 21.5. The molecule has 1 radical (unpaired) electrons. The number of hydrogen-bond donors (Lipinski definition) is 3. The Labute approximate surface area is 444 Å². The second kappa shape index (κ2) is 24.4. The molecule has 4 N–H and O–H groups in total. The van der Waals surface area contributed by atoms with E-state index in [4.69, 9.17) is 22.4 Å². The van der Waals surface area contributed by atoms with E-state index in [0.29, 0.717) is 62.4 Å². The Balaban J connectivity index is 0.000000857. The molecule has 72 heavy (non-hydrogen) atoms. The summed E-state index contributed by atoms with van der Waals surface area (Å²) in [6.07, 6.45) is 11.0. The number of halogens is 3. The van der Waals surface area contributed by atoms with Crippen LogP contribution in [0.2, 0.25) is 5.02 Å². The normalized spacial score (nSPS) is 18.1. The van der Waals surface area contributed by atoms with Gasteiger partial charge in [0, 0.05) is 125 Å². The summed E-state index contributed by atoms with van der Waals surface area (Å²) in [5.74, 6) is 0.925. The number of nitrogens with zero attached hydrogens (tertiary/aromatic N) is 8. The maximum Gasteiger partial charge on any atom is 1.00 e. The molecule has 3 aliphatic heterocycles. The topological polar surface area (TPSA) is 142 Å². The van der Waals surface area contributed by atoms with Gasteiger partial charge in [-0.3, -0.25) is 23.9 Å². The van der Waals surface area contributed by atoms with Gasteiger partial charge in [0.25, 0.3) is 12.3 Å². The molecule has 17 heteroatoms. The van der Waals surface area contributed by atoms with E-state index in [0.717, 1.165) is 96.8 Å². The van der Waals surface area contributed by atoms with Crippen LogP contribution >= 0.6 is 11.6 Å². The van der Waals surface area contributed by atoms with Crippen LogP contribution in [-0.4, -0.2) is 99.7 Å². The number of nitrogens with two attached hydrogens (primary N) is 1. The Morgan fingerprint density at radius 3 is 2.42 bits per heavy atom. The van der Waals surface area contributed by atoms with Gasteiger partial charge in [0.15, 0.2) is 5.82 Å². The van der Waals surface area contributed by atoms with E-state index in [1.807, 2.05) is 36.9 Å². The Kier molecular flexibility index (Phi) is 19.1. The molecule has 2 fully saturated rings. The van der Waals surface area contributed by atoms with Crippen molar-refractivity contribution >= 4 is 41.1 Å². The van der Waals surface area contributed by atoms with Crippen molar-refractivity contribution in [2.24, 2.45) is 34.5 Å². The first-order chi connectivity index (χ1) is 33.8.